The molecule has 0 saturated carbocycles. The standard InChI is InChI=1S/C22H25N3O6/c26-14-11-23-19-10-9-17(25(29)30)15-18(19)22(28)31-20(16-7-3-1-4-8-16)21(27)24-12-5-2-6-13-24/h1,3-4,7-10,15,20,23,26H,2,5-6,11-14H2/t20-/m1/s1. The molecule has 0 radical (unpaired) electrons. The number of ether oxygens (including phenoxy) is 1. The van der Waals surface area contributed by atoms with Gasteiger partial charge in [-0.3, -0.25) is 14.9 Å². The lowest BCUT2D eigenvalue weighted by atomic mass is 10.1. The monoisotopic (exact) mass is 427 g/mol. The minimum atomic E-state index is -1.16. The zero-order valence-corrected chi connectivity index (χ0v) is 17.0. The molecule has 9 nitrogen and oxygen atoms in total. The molecule has 0 aromatic heterocycles. The Labute approximate surface area is 179 Å². The van der Waals surface area contributed by atoms with Gasteiger partial charge in [0.25, 0.3) is 11.6 Å². The number of nitrogens with one attached hydrogen (secondary N) is 1. The Balaban J connectivity index is 1.91. The van der Waals surface area contributed by atoms with Gasteiger partial charge in [0.1, 0.15) is 0 Å². The van der Waals surface area contributed by atoms with E-state index in [-0.39, 0.29) is 36.0 Å². The first-order chi connectivity index (χ1) is 15.0. The summed E-state index contributed by atoms with van der Waals surface area (Å²) in [5, 5.41) is 23.1. The zero-order valence-electron chi connectivity index (χ0n) is 17.0. The van der Waals surface area contributed by atoms with Crippen molar-refractivity contribution in [3.63, 3.8) is 0 Å². The second kappa shape index (κ2) is 10.5. The van der Waals surface area contributed by atoms with Crippen LogP contribution in [-0.4, -0.2) is 53.0 Å². The van der Waals surface area contributed by atoms with E-state index in [1.807, 2.05) is 0 Å². The number of nitrogens with zero attached hydrogens (tertiary/aromatic N) is 2. The van der Waals surface area contributed by atoms with Crippen LogP contribution in [0.1, 0.15) is 41.3 Å². The van der Waals surface area contributed by atoms with Gasteiger partial charge >= 0.3 is 5.97 Å². The van der Waals surface area contributed by atoms with Gasteiger partial charge < -0.3 is 20.1 Å². The maximum Gasteiger partial charge on any atom is 0.341 e. The van der Waals surface area contributed by atoms with Crippen molar-refractivity contribution in [3.05, 3.63) is 69.8 Å². The third-order valence-corrected chi connectivity index (χ3v) is 5.08. The second-order valence-corrected chi connectivity index (χ2v) is 7.22. The highest BCUT2D eigenvalue weighted by atomic mass is 16.6. The molecule has 31 heavy (non-hydrogen) atoms. The summed E-state index contributed by atoms with van der Waals surface area (Å²) < 4.78 is 5.64. The summed E-state index contributed by atoms with van der Waals surface area (Å²) in [6, 6.07) is 12.5. The molecule has 0 aliphatic carbocycles. The van der Waals surface area contributed by atoms with E-state index in [4.69, 9.17) is 9.84 Å². The van der Waals surface area contributed by atoms with Crippen LogP contribution < -0.4 is 5.32 Å². The van der Waals surface area contributed by atoms with Gasteiger partial charge in [0.15, 0.2) is 0 Å². The number of aliphatic hydroxyl groups is 1. The first kappa shape index (κ1) is 22.2. The molecule has 1 fully saturated rings. The number of nitro benzene ring substituents is 1. The van der Waals surface area contributed by atoms with Crippen LogP contribution in [0.4, 0.5) is 11.4 Å². The highest BCUT2D eigenvalue weighted by Gasteiger charge is 2.31. The number of likely N-dealkylation sites (tertiary alicyclic amines) is 1. The molecule has 164 valence electrons. The minimum absolute atomic E-state index is 0.0741. The van der Waals surface area contributed by atoms with E-state index in [0.29, 0.717) is 18.7 Å². The van der Waals surface area contributed by atoms with Crippen LogP contribution in [0.5, 0.6) is 0 Å². The number of esters is 1. The van der Waals surface area contributed by atoms with Crippen molar-refractivity contribution in [3.8, 4) is 0 Å². The number of aliphatic hydroxyl groups excluding tert-OH is 1. The Bertz CT molecular complexity index is 928. The van der Waals surface area contributed by atoms with E-state index in [1.54, 1.807) is 35.2 Å². The molecule has 0 spiro atoms. The topological polar surface area (TPSA) is 122 Å². The van der Waals surface area contributed by atoms with E-state index in [1.165, 1.54) is 12.1 Å². The third kappa shape index (κ3) is 5.58. The summed E-state index contributed by atoms with van der Waals surface area (Å²) >= 11 is 0. The van der Waals surface area contributed by atoms with Crippen LogP contribution in [0, 0.1) is 10.1 Å². The summed E-state index contributed by atoms with van der Waals surface area (Å²) in [6.07, 6.45) is 1.67. The van der Waals surface area contributed by atoms with E-state index in [9.17, 15) is 19.7 Å². The molecule has 3 rings (SSSR count). The Morgan fingerprint density at radius 2 is 1.84 bits per heavy atom. The lowest BCUT2D eigenvalue weighted by molar-refractivity contribution is -0.384. The van der Waals surface area contributed by atoms with Gasteiger partial charge in [-0.05, 0) is 25.3 Å². The van der Waals surface area contributed by atoms with Gasteiger partial charge in [0.05, 0.1) is 17.1 Å². The van der Waals surface area contributed by atoms with Gasteiger partial charge in [0.2, 0.25) is 6.10 Å². The first-order valence-electron chi connectivity index (χ1n) is 10.2. The number of anilines is 1. The van der Waals surface area contributed by atoms with E-state index >= 15 is 0 Å². The lowest BCUT2D eigenvalue weighted by Crippen LogP contribution is -2.40. The van der Waals surface area contributed by atoms with Crippen molar-refractivity contribution >= 4 is 23.3 Å². The molecule has 9 heteroatoms. The summed E-state index contributed by atoms with van der Waals surface area (Å²) in [6.45, 7) is 1.15. The van der Waals surface area contributed by atoms with Crippen molar-refractivity contribution in [1.29, 1.82) is 0 Å². The number of rotatable bonds is 8. The van der Waals surface area contributed by atoms with E-state index in [0.717, 1.165) is 25.3 Å². The van der Waals surface area contributed by atoms with Crippen molar-refractivity contribution in [2.75, 3.05) is 31.6 Å². The van der Waals surface area contributed by atoms with Crippen LogP contribution >= 0.6 is 0 Å². The molecule has 0 unspecified atom stereocenters. The molecule has 1 aliphatic rings. The predicted octanol–water partition coefficient (Wildman–Crippen LogP) is 2.91. The van der Waals surface area contributed by atoms with Crippen molar-refractivity contribution < 1.29 is 24.4 Å². The van der Waals surface area contributed by atoms with Gasteiger partial charge in [-0.25, -0.2) is 4.79 Å². The van der Waals surface area contributed by atoms with Gasteiger partial charge in [0, 0.05) is 43.0 Å². The molecule has 1 amide bonds. The number of amides is 1. The Kier molecular flexibility index (Phi) is 7.55. The molecule has 1 saturated heterocycles. The Morgan fingerprint density at radius 1 is 1.13 bits per heavy atom. The number of hydrogen-bond donors (Lipinski definition) is 2. The van der Waals surface area contributed by atoms with Crippen molar-refractivity contribution in [2.24, 2.45) is 0 Å². The fourth-order valence-electron chi connectivity index (χ4n) is 3.50. The number of hydrogen-bond acceptors (Lipinski definition) is 7. The van der Waals surface area contributed by atoms with Gasteiger partial charge in [-0.1, -0.05) is 30.3 Å². The van der Waals surface area contributed by atoms with Crippen LogP contribution in [0.3, 0.4) is 0 Å². The number of nitro groups is 1. The molecule has 1 atom stereocenters. The third-order valence-electron chi connectivity index (χ3n) is 5.08. The largest absolute Gasteiger partial charge is 0.444 e. The summed E-state index contributed by atoms with van der Waals surface area (Å²) in [5.41, 5.74) is 0.457. The van der Waals surface area contributed by atoms with E-state index < -0.39 is 17.0 Å². The lowest BCUT2D eigenvalue weighted by Gasteiger charge is -2.30. The van der Waals surface area contributed by atoms with Crippen LogP contribution in [0.2, 0.25) is 0 Å². The number of benzene rings is 2. The summed E-state index contributed by atoms with van der Waals surface area (Å²) in [5.74, 6) is -1.17. The number of non-ortho nitro benzene ring substituents is 1. The summed E-state index contributed by atoms with van der Waals surface area (Å²) in [7, 11) is 0. The average molecular weight is 427 g/mol. The second-order valence-electron chi connectivity index (χ2n) is 7.22. The summed E-state index contributed by atoms with van der Waals surface area (Å²) in [4.78, 5) is 38.5. The molecule has 2 N–H and O–H groups in total. The first-order valence-corrected chi connectivity index (χ1v) is 10.2. The molecule has 0 bridgehead atoms. The van der Waals surface area contributed by atoms with Crippen LogP contribution in [0.15, 0.2) is 48.5 Å². The average Bonchev–Trinajstić information content (AvgIpc) is 2.81. The van der Waals surface area contributed by atoms with Crippen molar-refractivity contribution in [2.45, 2.75) is 25.4 Å². The highest BCUT2D eigenvalue weighted by molar-refractivity contribution is 5.98. The molecular formula is C22H25N3O6. The zero-order chi connectivity index (χ0) is 22.2. The smallest absolute Gasteiger partial charge is 0.341 e. The number of piperidine rings is 1. The predicted molar refractivity (Wildman–Crippen MR) is 114 cm³/mol. The number of carbonyl (C=O) groups excluding carboxylic acids is 2. The SMILES string of the molecule is O=C(O[C@@H](C(=O)N1CCCCC1)c1ccccc1)c1cc([N+](=O)[O-])ccc1NCCO. The van der Waals surface area contributed by atoms with Crippen molar-refractivity contribution in [1.82, 2.24) is 4.90 Å². The fraction of sp³-hybridized carbons (Fsp3) is 0.364. The normalized spacial score (nSPS) is 14.5. The highest BCUT2D eigenvalue weighted by Crippen LogP contribution is 2.28. The maximum absolute atomic E-state index is 13.2. The fourth-order valence-corrected chi connectivity index (χ4v) is 3.50. The van der Waals surface area contributed by atoms with Gasteiger partial charge in [-0.15, -0.1) is 0 Å². The van der Waals surface area contributed by atoms with E-state index in [2.05, 4.69) is 5.32 Å². The molecule has 2 aromatic rings. The number of carbonyl (C=O) groups is 2. The molecule has 2 aromatic carbocycles. The van der Waals surface area contributed by atoms with Crippen LogP contribution in [0.25, 0.3) is 0 Å². The Hall–Kier alpha value is -3.46. The van der Waals surface area contributed by atoms with Gasteiger partial charge in [-0.2, -0.15) is 0 Å². The minimum Gasteiger partial charge on any atom is -0.444 e. The quantitative estimate of drug-likeness (QED) is 0.377. The van der Waals surface area contributed by atoms with Crippen LogP contribution in [-0.2, 0) is 9.53 Å². The molecular weight excluding hydrogens is 402 g/mol. The molecule has 1 aliphatic heterocycles. The Morgan fingerprint density at radius 3 is 2.48 bits per heavy atom. The maximum atomic E-state index is 13.2. The molecule has 1 heterocycles.